The summed E-state index contributed by atoms with van der Waals surface area (Å²) in [6.45, 7) is 7.75. The van der Waals surface area contributed by atoms with E-state index in [1.54, 1.807) is 0 Å². The van der Waals surface area contributed by atoms with Gasteiger partial charge in [-0.3, -0.25) is 4.79 Å². The number of amides is 1. The summed E-state index contributed by atoms with van der Waals surface area (Å²) in [6.07, 6.45) is 4.94. The third-order valence-electron chi connectivity index (χ3n) is 3.68. The van der Waals surface area contributed by atoms with Gasteiger partial charge >= 0.3 is 0 Å². The number of hydrogen-bond donors (Lipinski definition) is 2. The molecule has 0 aromatic heterocycles. The van der Waals surface area contributed by atoms with E-state index in [0.717, 1.165) is 17.8 Å². The van der Waals surface area contributed by atoms with Gasteiger partial charge in [0.2, 0.25) is 5.91 Å². The summed E-state index contributed by atoms with van der Waals surface area (Å²) < 4.78 is 0. The number of aryl methyl sites for hydroxylation is 1. The molecule has 0 aliphatic carbocycles. The van der Waals surface area contributed by atoms with Crippen LogP contribution in [0.3, 0.4) is 0 Å². The smallest absolute Gasteiger partial charge is 0.238 e. The van der Waals surface area contributed by atoms with E-state index in [1.165, 1.54) is 25.7 Å². The van der Waals surface area contributed by atoms with Gasteiger partial charge < -0.3 is 10.6 Å². The molecule has 0 heterocycles. The lowest BCUT2D eigenvalue weighted by Gasteiger charge is -2.15. The summed E-state index contributed by atoms with van der Waals surface area (Å²) in [4.78, 5) is 11.9. The zero-order chi connectivity index (χ0) is 14.8. The van der Waals surface area contributed by atoms with Crippen LogP contribution in [-0.4, -0.2) is 19.0 Å². The van der Waals surface area contributed by atoms with E-state index in [4.69, 9.17) is 0 Å². The fourth-order valence-electron chi connectivity index (χ4n) is 2.24. The maximum absolute atomic E-state index is 11.9. The Morgan fingerprint density at radius 3 is 2.65 bits per heavy atom. The third-order valence-corrected chi connectivity index (χ3v) is 3.68. The predicted octanol–water partition coefficient (Wildman–Crippen LogP) is 3.74. The zero-order valence-electron chi connectivity index (χ0n) is 13.0. The molecule has 0 radical (unpaired) electrons. The number of carbonyl (C=O) groups is 1. The van der Waals surface area contributed by atoms with Crippen LogP contribution in [0, 0.1) is 12.8 Å². The van der Waals surface area contributed by atoms with E-state index in [-0.39, 0.29) is 5.91 Å². The van der Waals surface area contributed by atoms with Crippen molar-refractivity contribution in [2.24, 2.45) is 5.92 Å². The molecule has 0 fully saturated rings. The number of rotatable bonds is 9. The third kappa shape index (κ3) is 6.20. The molecule has 1 amide bonds. The van der Waals surface area contributed by atoms with Crippen molar-refractivity contribution >= 4 is 11.6 Å². The number of hydrogen-bond acceptors (Lipinski definition) is 2. The summed E-state index contributed by atoms with van der Waals surface area (Å²) in [5.41, 5.74) is 1.99. The molecule has 112 valence electrons. The van der Waals surface area contributed by atoms with Gasteiger partial charge in [-0.1, -0.05) is 51.3 Å². The van der Waals surface area contributed by atoms with Gasteiger partial charge in [0.25, 0.3) is 0 Å². The molecule has 1 rings (SSSR count). The molecular formula is C17H28N2O. The van der Waals surface area contributed by atoms with E-state index in [1.807, 2.05) is 31.2 Å². The minimum absolute atomic E-state index is 0.0321. The first-order valence-electron chi connectivity index (χ1n) is 7.73. The Labute approximate surface area is 123 Å². The molecular weight excluding hydrogens is 248 g/mol. The summed E-state index contributed by atoms with van der Waals surface area (Å²) in [5, 5.41) is 6.22. The van der Waals surface area contributed by atoms with E-state index in [2.05, 4.69) is 24.5 Å². The molecule has 1 aromatic carbocycles. The lowest BCUT2D eigenvalue weighted by atomic mass is 9.99. The number of nitrogens with one attached hydrogen (secondary N) is 2. The van der Waals surface area contributed by atoms with Crippen molar-refractivity contribution in [3.05, 3.63) is 29.8 Å². The maximum atomic E-state index is 11.9. The van der Waals surface area contributed by atoms with Gasteiger partial charge in [-0.15, -0.1) is 0 Å². The van der Waals surface area contributed by atoms with Gasteiger partial charge in [-0.2, -0.15) is 0 Å². The van der Waals surface area contributed by atoms with Crippen molar-refractivity contribution in [3.63, 3.8) is 0 Å². The van der Waals surface area contributed by atoms with Crippen LogP contribution in [0.1, 0.15) is 45.1 Å². The molecule has 3 nitrogen and oxygen atoms in total. The highest BCUT2D eigenvalue weighted by Gasteiger charge is 2.07. The number of benzene rings is 1. The highest BCUT2D eigenvalue weighted by molar-refractivity contribution is 5.92. The number of unbranched alkanes of at least 4 members (excludes halogenated alkanes) is 1. The van der Waals surface area contributed by atoms with Gasteiger partial charge in [-0.25, -0.2) is 0 Å². The van der Waals surface area contributed by atoms with Gasteiger partial charge in [0.1, 0.15) is 0 Å². The van der Waals surface area contributed by atoms with Crippen molar-refractivity contribution in [1.29, 1.82) is 0 Å². The SMILES string of the molecule is CCCCC(CC)CNCC(=O)Nc1ccccc1C. The normalized spacial score (nSPS) is 12.2. The monoisotopic (exact) mass is 276 g/mol. The minimum Gasteiger partial charge on any atom is -0.325 e. The first kappa shape index (κ1) is 16.7. The Bertz CT molecular complexity index is 404. The molecule has 0 aliphatic rings. The second-order valence-corrected chi connectivity index (χ2v) is 5.41. The molecule has 0 saturated heterocycles. The molecule has 0 spiro atoms. The van der Waals surface area contributed by atoms with Crippen molar-refractivity contribution in [2.45, 2.75) is 46.5 Å². The highest BCUT2D eigenvalue weighted by atomic mass is 16.1. The molecule has 0 bridgehead atoms. The lowest BCUT2D eigenvalue weighted by Crippen LogP contribution is -2.31. The van der Waals surface area contributed by atoms with Crippen LogP contribution in [0.15, 0.2) is 24.3 Å². The van der Waals surface area contributed by atoms with E-state index in [9.17, 15) is 4.79 Å². The predicted molar refractivity (Wildman–Crippen MR) is 86.0 cm³/mol. The fraction of sp³-hybridized carbons (Fsp3) is 0.588. The minimum atomic E-state index is 0.0321. The van der Waals surface area contributed by atoms with Crippen LogP contribution >= 0.6 is 0 Å². The second kappa shape index (κ2) is 9.54. The van der Waals surface area contributed by atoms with Crippen LogP contribution in [0.2, 0.25) is 0 Å². The van der Waals surface area contributed by atoms with E-state index < -0.39 is 0 Å². The molecule has 3 heteroatoms. The first-order chi connectivity index (χ1) is 9.67. The molecule has 1 unspecified atom stereocenters. The fourth-order valence-corrected chi connectivity index (χ4v) is 2.24. The second-order valence-electron chi connectivity index (χ2n) is 5.41. The van der Waals surface area contributed by atoms with Crippen LogP contribution in [0.4, 0.5) is 5.69 Å². The summed E-state index contributed by atoms with van der Waals surface area (Å²) in [6, 6.07) is 7.85. The van der Waals surface area contributed by atoms with Crippen molar-refractivity contribution < 1.29 is 4.79 Å². The summed E-state index contributed by atoms with van der Waals surface area (Å²) in [7, 11) is 0. The topological polar surface area (TPSA) is 41.1 Å². The molecule has 0 saturated carbocycles. The largest absolute Gasteiger partial charge is 0.325 e. The van der Waals surface area contributed by atoms with Gasteiger partial charge in [0.15, 0.2) is 0 Å². The molecule has 2 N–H and O–H groups in total. The number of para-hydroxylation sites is 1. The number of carbonyl (C=O) groups excluding carboxylic acids is 1. The Morgan fingerprint density at radius 2 is 2.00 bits per heavy atom. The van der Waals surface area contributed by atoms with E-state index in [0.29, 0.717) is 12.5 Å². The van der Waals surface area contributed by atoms with Crippen molar-refractivity contribution in [2.75, 3.05) is 18.4 Å². The summed E-state index contributed by atoms with van der Waals surface area (Å²) >= 11 is 0. The van der Waals surface area contributed by atoms with Gasteiger partial charge in [0.05, 0.1) is 6.54 Å². The van der Waals surface area contributed by atoms with Gasteiger partial charge in [-0.05, 0) is 37.4 Å². The van der Waals surface area contributed by atoms with Crippen LogP contribution in [0.5, 0.6) is 0 Å². The van der Waals surface area contributed by atoms with Crippen molar-refractivity contribution in [1.82, 2.24) is 5.32 Å². The van der Waals surface area contributed by atoms with Crippen LogP contribution in [-0.2, 0) is 4.79 Å². The number of anilines is 1. The standard InChI is InChI=1S/C17H28N2O/c1-4-6-10-15(5-2)12-18-13-17(20)19-16-11-8-7-9-14(16)3/h7-9,11,15,18H,4-6,10,12-13H2,1-3H3,(H,19,20). The highest BCUT2D eigenvalue weighted by Crippen LogP contribution is 2.13. The van der Waals surface area contributed by atoms with Crippen LogP contribution < -0.4 is 10.6 Å². The van der Waals surface area contributed by atoms with E-state index >= 15 is 0 Å². The van der Waals surface area contributed by atoms with Gasteiger partial charge in [0, 0.05) is 5.69 Å². The zero-order valence-corrected chi connectivity index (χ0v) is 13.0. The summed E-state index contributed by atoms with van der Waals surface area (Å²) in [5.74, 6) is 0.714. The maximum Gasteiger partial charge on any atom is 0.238 e. The first-order valence-corrected chi connectivity index (χ1v) is 7.73. The average molecular weight is 276 g/mol. The lowest BCUT2D eigenvalue weighted by molar-refractivity contribution is -0.115. The average Bonchev–Trinajstić information content (AvgIpc) is 2.45. The van der Waals surface area contributed by atoms with Crippen LogP contribution in [0.25, 0.3) is 0 Å². The molecule has 1 atom stereocenters. The molecule has 0 aliphatic heterocycles. The Hall–Kier alpha value is -1.35. The molecule has 20 heavy (non-hydrogen) atoms. The van der Waals surface area contributed by atoms with Crippen molar-refractivity contribution in [3.8, 4) is 0 Å². The Morgan fingerprint density at radius 1 is 1.25 bits per heavy atom. The molecule has 1 aromatic rings. The Balaban J connectivity index is 2.28. The Kier molecular flexibility index (Phi) is 7.97. The quantitative estimate of drug-likeness (QED) is 0.721.